The third-order valence-corrected chi connectivity index (χ3v) is 2.30. The number of carbonyl (C=O) groups is 1. The third-order valence-electron chi connectivity index (χ3n) is 1.86. The number of nitrogens with one attached hydrogen (secondary N) is 1. The molecule has 4 nitrogen and oxygen atoms in total. The maximum Gasteiger partial charge on any atom is 0.435 e. The fraction of sp³-hybridized carbons (Fsp3) is 0.500. The van der Waals surface area contributed by atoms with Crippen LogP contribution in [-0.4, -0.2) is 29.2 Å². The van der Waals surface area contributed by atoms with Gasteiger partial charge in [0.05, 0.1) is 12.1 Å². The van der Waals surface area contributed by atoms with Gasteiger partial charge in [0.1, 0.15) is 5.15 Å². The summed E-state index contributed by atoms with van der Waals surface area (Å²) >= 11 is 5.60. The number of likely N-dealkylation sites (N-methyl/N-ethyl adjacent to an activating group) is 1. The molecule has 0 atom stereocenters. The highest BCUT2D eigenvalue weighted by Gasteiger charge is 2.40. The molecule has 0 spiro atoms. The van der Waals surface area contributed by atoms with Gasteiger partial charge in [0.2, 0.25) is 0 Å². The minimum absolute atomic E-state index is 0.228. The topological polar surface area (TPSA) is 46.9 Å². The number of halogens is 4. The minimum atomic E-state index is -4.69. The monoisotopic (exact) mass is 255 g/mol. The number of hydrogen-bond acceptors (Lipinski definition) is 3. The molecule has 1 aromatic rings. The lowest BCUT2D eigenvalue weighted by Crippen LogP contribution is -2.21. The Balaban J connectivity index is 3.30. The van der Waals surface area contributed by atoms with Gasteiger partial charge in [-0.3, -0.25) is 9.48 Å². The maximum atomic E-state index is 12.5. The van der Waals surface area contributed by atoms with E-state index in [1.165, 1.54) is 14.1 Å². The maximum absolute atomic E-state index is 12.5. The van der Waals surface area contributed by atoms with E-state index in [0.717, 1.165) is 4.68 Å². The number of aryl methyl sites for hydroxylation is 1. The Morgan fingerprint density at radius 1 is 1.56 bits per heavy atom. The summed E-state index contributed by atoms with van der Waals surface area (Å²) in [6, 6.07) is 0. The van der Waals surface area contributed by atoms with Crippen molar-refractivity contribution in [3.05, 3.63) is 16.4 Å². The Morgan fingerprint density at radius 2 is 2.12 bits per heavy atom. The van der Waals surface area contributed by atoms with E-state index >= 15 is 0 Å². The summed E-state index contributed by atoms with van der Waals surface area (Å²) in [5.74, 6) is -0.743. The Kier molecular flexibility index (Phi) is 3.59. The van der Waals surface area contributed by atoms with Crippen LogP contribution in [0.15, 0.2) is 0 Å². The van der Waals surface area contributed by atoms with Crippen molar-refractivity contribution in [1.29, 1.82) is 0 Å². The summed E-state index contributed by atoms with van der Waals surface area (Å²) in [5.41, 5.74) is -1.84. The molecule has 0 bridgehead atoms. The molecule has 16 heavy (non-hydrogen) atoms. The van der Waals surface area contributed by atoms with Crippen LogP contribution in [0.1, 0.15) is 16.1 Å². The first kappa shape index (κ1) is 13.0. The summed E-state index contributed by atoms with van der Waals surface area (Å²) in [6.45, 7) is -0.228. The number of nitrogens with zero attached hydrogens (tertiary/aromatic N) is 2. The van der Waals surface area contributed by atoms with E-state index in [9.17, 15) is 18.0 Å². The summed E-state index contributed by atoms with van der Waals surface area (Å²) in [4.78, 5) is 11.4. The van der Waals surface area contributed by atoms with Crippen molar-refractivity contribution in [2.24, 2.45) is 7.05 Å². The SMILES string of the molecule is CNCC(=O)c1c(C(F)(F)F)nn(C)c1Cl. The van der Waals surface area contributed by atoms with Crippen molar-refractivity contribution in [1.82, 2.24) is 15.1 Å². The van der Waals surface area contributed by atoms with Crippen molar-refractivity contribution in [2.75, 3.05) is 13.6 Å². The van der Waals surface area contributed by atoms with Crippen molar-refractivity contribution in [3.8, 4) is 0 Å². The molecule has 0 amide bonds. The van der Waals surface area contributed by atoms with Crippen LogP contribution < -0.4 is 5.32 Å². The summed E-state index contributed by atoms with van der Waals surface area (Å²) < 4.78 is 38.4. The zero-order valence-electron chi connectivity index (χ0n) is 8.52. The minimum Gasteiger partial charge on any atom is -0.313 e. The summed E-state index contributed by atoms with van der Waals surface area (Å²) in [6.07, 6.45) is -4.69. The number of hydrogen-bond donors (Lipinski definition) is 1. The molecule has 0 radical (unpaired) electrons. The average molecular weight is 256 g/mol. The summed E-state index contributed by atoms with van der Waals surface area (Å²) in [7, 11) is 2.70. The third kappa shape index (κ3) is 2.35. The fourth-order valence-corrected chi connectivity index (χ4v) is 1.43. The zero-order chi connectivity index (χ0) is 12.5. The van der Waals surface area contributed by atoms with E-state index < -0.39 is 23.2 Å². The van der Waals surface area contributed by atoms with Crippen molar-refractivity contribution in [3.63, 3.8) is 0 Å². The largest absolute Gasteiger partial charge is 0.435 e. The first-order chi connectivity index (χ1) is 7.29. The molecule has 0 saturated heterocycles. The van der Waals surface area contributed by atoms with Gasteiger partial charge >= 0.3 is 6.18 Å². The van der Waals surface area contributed by atoms with Gasteiger partial charge in [0, 0.05) is 7.05 Å². The van der Waals surface area contributed by atoms with E-state index in [2.05, 4.69) is 10.4 Å². The molecular formula is C8H9ClF3N3O. The number of aromatic nitrogens is 2. The average Bonchev–Trinajstić information content (AvgIpc) is 2.43. The molecular weight excluding hydrogens is 247 g/mol. The lowest BCUT2D eigenvalue weighted by molar-refractivity contribution is -0.141. The van der Waals surface area contributed by atoms with Gasteiger partial charge in [0.25, 0.3) is 0 Å². The van der Waals surface area contributed by atoms with Crippen LogP contribution in [0.2, 0.25) is 5.15 Å². The van der Waals surface area contributed by atoms with E-state index in [1.807, 2.05) is 0 Å². The van der Waals surface area contributed by atoms with Crippen molar-refractivity contribution >= 4 is 17.4 Å². The van der Waals surface area contributed by atoms with Crippen LogP contribution in [-0.2, 0) is 13.2 Å². The molecule has 0 aromatic carbocycles. The second-order valence-electron chi connectivity index (χ2n) is 3.09. The highest BCUT2D eigenvalue weighted by Crippen LogP contribution is 2.34. The molecule has 1 aromatic heterocycles. The van der Waals surface area contributed by atoms with Gasteiger partial charge in [-0.05, 0) is 7.05 Å². The molecule has 90 valence electrons. The predicted octanol–water partition coefficient (Wildman–Crippen LogP) is 1.49. The molecule has 8 heteroatoms. The van der Waals surface area contributed by atoms with Crippen LogP contribution in [0.3, 0.4) is 0 Å². The Bertz CT molecular complexity index is 413. The normalized spacial score (nSPS) is 11.9. The van der Waals surface area contributed by atoms with Crippen LogP contribution in [0.25, 0.3) is 0 Å². The van der Waals surface area contributed by atoms with Crippen molar-refractivity contribution < 1.29 is 18.0 Å². The highest BCUT2D eigenvalue weighted by atomic mass is 35.5. The number of Topliss-reactive ketones (excluding diaryl/α,β-unsaturated/α-hetero) is 1. The van der Waals surface area contributed by atoms with Crippen LogP contribution >= 0.6 is 11.6 Å². The smallest absolute Gasteiger partial charge is 0.313 e. The van der Waals surface area contributed by atoms with E-state index in [0.29, 0.717) is 0 Å². The highest BCUT2D eigenvalue weighted by molar-refractivity contribution is 6.33. The van der Waals surface area contributed by atoms with Crippen molar-refractivity contribution in [2.45, 2.75) is 6.18 Å². The van der Waals surface area contributed by atoms with Gasteiger partial charge in [-0.1, -0.05) is 11.6 Å². The Hall–Kier alpha value is -1.08. The predicted molar refractivity (Wildman–Crippen MR) is 51.5 cm³/mol. The second kappa shape index (κ2) is 4.42. The molecule has 0 saturated carbocycles. The fourth-order valence-electron chi connectivity index (χ4n) is 1.20. The van der Waals surface area contributed by atoms with Gasteiger partial charge in [-0.2, -0.15) is 18.3 Å². The first-order valence-electron chi connectivity index (χ1n) is 4.26. The van der Waals surface area contributed by atoms with Crippen LogP contribution in [0, 0.1) is 0 Å². The lowest BCUT2D eigenvalue weighted by atomic mass is 10.1. The van der Waals surface area contributed by atoms with E-state index in [1.54, 1.807) is 0 Å². The molecule has 0 aliphatic rings. The van der Waals surface area contributed by atoms with Crippen LogP contribution in [0.5, 0.6) is 0 Å². The molecule has 1 heterocycles. The number of carbonyl (C=O) groups excluding carboxylic acids is 1. The number of alkyl halides is 3. The second-order valence-corrected chi connectivity index (χ2v) is 3.45. The molecule has 0 aliphatic heterocycles. The van der Waals surface area contributed by atoms with Gasteiger partial charge in [-0.15, -0.1) is 0 Å². The molecule has 0 fully saturated rings. The molecule has 1 rings (SSSR count). The van der Waals surface area contributed by atoms with Crippen LogP contribution in [0.4, 0.5) is 13.2 Å². The van der Waals surface area contributed by atoms with E-state index in [-0.39, 0.29) is 11.7 Å². The number of ketones is 1. The number of rotatable bonds is 3. The zero-order valence-corrected chi connectivity index (χ0v) is 9.28. The van der Waals surface area contributed by atoms with Gasteiger partial charge < -0.3 is 5.32 Å². The standard InChI is InChI=1S/C8H9ClF3N3O/c1-13-3-4(16)5-6(8(10,11)12)14-15(2)7(5)9/h13H,3H2,1-2H3. The van der Waals surface area contributed by atoms with E-state index in [4.69, 9.17) is 11.6 Å². The molecule has 1 N–H and O–H groups in total. The Morgan fingerprint density at radius 3 is 2.56 bits per heavy atom. The molecule has 0 unspecified atom stereocenters. The quantitative estimate of drug-likeness (QED) is 0.833. The Labute approximate surface area is 94.4 Å². The first-order valence-corrected chi connectivity index (χ1v) is 4.64. The molecule has 0 aliphatic carbocycles. The van der Waals surface area contributed by atoms with Gasteiger partial charge in [0.15, 0.2) is 11.5 Å². The summed E-state index contributed by atoms with van der Waals surface area (Å²) in [5, 5.41) is 5.35. The van der Waals surface area contributed by atoms with Gasteiger partial charge in [-0.25, -0.2) is 0 Å². The lowest BCUT2D eigenvalue weighted by Gasteiger charge is -2.05.